The number of phenolic OH excluding ortho intramolecular Hbond substituents is 1. The van der Waals surface area contributed by atoms with Gasteiger partial charge in [0.05, 0.1) is 6.33 Å². The number of imidazole rings is 1. The summed E-state index contributed by atoms with van der Waals surface area (Å²) in [6, 6.07) is 2.25. The highest BCUT2D eigenvalue weighted by Gasteiger charge is 2.08. The van der Waals surface area contributed by atoms with E-state index in [0.29, 0.717) is 12.1 Å². The van der Waals surface area contributed by atoms with Crippen LogP contribution in [0.5, 0.6) is 5.75 Å². The molecule has 0 aliphatic carbocycles. The van der Waals surface area contributed by atoms with Gasteiger partial charge in [-0.2, -0.15) is 0 Å². The second-order valence-corrected chi connectivity index (χ2v) is 4.24. The van der Waals surface area contributed by atoms with Crippen LogP contribution in [0.1, 0.15) is 12.0 Å². The monoisotopic (exact) mass is 267 g/mol. The van der Waals surface area contributed by atoms with Gasteiger partial charge in [0.15, 0.2) is 17.4 Å². The Morgan fingerprint density at radius 2 is 2.00 bits per heavy atom. The first-order valence-corrected chi connectivity index (χ1v) is 6.00. The minimum atomic E-state index is -0.935. The second-order valence-electron chi connectivity index (χ2n) is 4.24. The molecule has 0 atom stereocenters. The Hall–Kier alpha value is -1.95. The normalized spacial score (nSPS) is 10.8. The maximum absolute atomic E-state index is 13.1. The standard InChI is InChI=1S/C13H15F2N3O/c14-11-6-10(7-12(15)13(11)19)8-16-2-1-4-18-5-3-17-9-18/h3,5-7,9,16,19H,1-2,4,8H2. The average Bonchev–Trinajstić information content (AvgIpc) is 2.88. The van der Waals surface area contributed by atoms with Gasteiger partial charge in [-0.3, -0.25) is 0 Å². The maximum Gasteiger partial charge on any atom is 0.187 e. The molecule has 4 nitrogen and oxygen atoms in total. The number of halogens is 2. The molecule has 0 amide bonds. The summed E-state index contributed by atoms with van der Waals surface area (Å²) < 4.78 is 28.1. The van der Waals surface area contributed by atoms with E-state index in [1.165, 1.54) is 0 Å². The molecule has 1 aromatic heterocycles. The molecule has 2 N–H and O–H groups in total. The first-order valence-electron chi connectivity index (χ1n) is 6.00. The lowest BCUT2D eigenvalue weighted by Crippen LogP contribution is -2.16. The van der Waals surface area contributed by atoms with Crippen molar-refractivity contribution in [3.05, 3.63) is 48.1 Å². The minimum absolute atomic E-state index is 0.359. The van der Waals surface area contributed by atoms with Gasteiger partial charge in [0.1, 0.15) is 0 Å². The van der Waals surface area contributed by atoms with Crippen LogP contribution in [0.15, 0.2) is 30.9 Å². The lowest BCUT2D eigenvalue weighted by atomic mass is 10.2. The Morgan fingerprint density at radius 3 is 2.63 bits per heavy atom. The summed E-state index contributed by atoms with van der Waals surface area (Å²) in [4.78, 5) is 3.93. The lowest BCUT2D eigenvalue weighted by molar-refractivity contribution is 0.395. The first kappa shape index (κ1) is 13.5. The third kappa shape index (κ3) is 3.75. The van der Waals surface area contributed by atoms with E-state index >= 15 is 0 Å². The molecule has 0 aliphatic heterocycles. The topological polar surface area (TPSA) is 50.1 Å². The van der Waals surface area contributed by atoms with Crippen LogP contribution in [0.3, 0.4) is 0 Å². The summed E-state index contributed by atoms with van der Waals surface area (Å²) in [6.07, 6.45) is 6.23. The molecule has 0 fully saturated rings. The number of aryl methyl sites for hydroxylation is 1. The van der Waals surface area contributed by atoms with Gasteiger partial charge in [-0.25, -0.2) is 13.8 Å². The molecule has 0 bridgehead atoms. The Morgan fingerprint density at radius 1 is 1.26 bits per heavy atom. The number of hydrogen-bond acceptors (Lipinski definition) is 3. The Balaban J connectivity index is 1.74. The number of benzene rings is 1. The summed E-state index contributed by atoms with van der Waals surface area (Å²) in [6.45, 7) is 1.92. The zero-order valence-electron chi connectivity index (χ0n) is 10.3. The fourth-order valence-corrected chi connectivity index (χ4v) is 1.76. The maximum atomic E-state index is 13.1. The fourth-order valence-electron chi connectivity index (χ4n) is 1.76. The number of nitrogens with zero attached hydrogens (tertiary/aromatic N) is 2. The molecule has 0 saturated carbocycles. The molecule has 0 saturated heterocycles. The van der Waals surface area contributed by atoms with Gasteiger partial charge in [0.25, 0.3) is 0 Å². The van der Waals surface area contributed by atoms with Crippen LogP contribution in [0, 0.1) is 11.6 Å². The van der Waals surface area contributed by atoms with Crippen LogP contribution in [0.4, 0.5) is 8.78 Å². The van der Waals surface area contributed by atoms with E-state index < -0.39 is 17.4 Å². The molecular weight excluding hydrogens is 252 g/mol. The molecule has 102 valence electrons. The van der Waals surface area contributed by atoms with Crippen LogP contribution in [-0.2, 0) is 13.1 Å². The molecule has 0 spiro atoms. The minimum Gasteiger partial charge on any atom is -0.503 e. The van der Waals surface area contributed by atoms with Crippen molar-refractivity contribution in [3.8, 4) is 5.75 Å². The van der Waals surface area contributed by atoms with E-state index in [9.17, 15) is 8.78 Å². The molecule has 1 heterocycles. The highest BCUT2D eigenvalue weighted by molar-refractivity contribution is 5.29. The first-order chi connectivity index (χ1) is 9.16. The van der Waals surface area contributed by atoms with Crippen LogP contribution < -0.4 is 5.32 Å². The van der Waals surface area contributed by atoms with Gasteiger partial charge in [0, 0.05) is 25.5 Å². The largest absolute Gasteiger partial charge is 0.503 e. The van der Waals surface area contributed by atoms with E-state index in [1.54, 1.807) is 12.5 Å². The number of aromatic hydroxyl groups is 1. The molecule has 0 aliphatic rings. The van der Waals surface area contributed by atoms with Crippen molar-refractivity contribution in [1.82, 2.24) is 14.9 Å². The van der Waals surface area contributed by atoms with Crippen LogP contribution in [-0.4, -0.2) is 21.2 Å². The molecule has 2 aromatic rings. The van der Waals surface area contributed by atoms with E-state index in [-0.39, 0.29) is 0 Å². The number of hydrogen-bond donors (Lipinski definition) is 2. The van der Waals surface area contributed by atoms with Gasteiger partial charge in [0.2, 0.25) is 0 Å². The van der Waals surface area contributed by atoms with Crippen molar-refractivity contribution in [2.24, 2.45) is 0 Å². The Kier molecular flexibility index (Phi) is 4.46. The highest BCUT2D eigenvalue weighted by Crippen LogP contribution is 2.21. The molecule has 2 rings (SSSR count). The number of phenols is 1. The van der Waals surface area contributed by atoms with Gasteiger partial charge in [-0.15, -0.1) is 0 Å². The predicted molar refractivity (Wildman–Crippen MR) is 66.6 cm³/mol. The van der Waals surface area contributed by atoms with Crippen molar-refractivity contribution in [2.45, 2.75) is 19.5 Å². The number of rotatable bonds is 6. The number of nitrogens with one attached hydrogen (secondary N) is 1. The fraction of sp³-hybridized carbons (Fsp3) is 0.308. The Labute approximate surface area is 109 Å². The highest BCUT2D eigenvalue weighted by atomic mass is 19.1. The van der Waals surface area contributed by atoms with E-state index in [2.05, 4.69) is 10.3 Å². The predicted octanol–water partition coefficient (Wildman–Crippen LogP) is 2.05. The molecule has 1 aromatic carbocycles. The molecule has 0 radical (unpaired) electrons. The average molecular weight is 267 g/mol. The lowest BCUT2D eigenvalue weighted by Gasteiger charge is -2.07. The smallest absolute Gasteiger partial charge is 0.187 e. The Bertz CT molecular complexity index is 506. The van der Waals surface area contributed by atoms with Crippen molar-refractivity contribution < 1.29 is 13.9 Å². The molecule has 19 heavy (non-hydrogen) atoms. The van der Waals surface area contributed by atoms with Crippen LogP contribution in [0.2, 0.25) is 0 Å². The third-order valence-corrected chi connectivity index (χ3v) is 2.73. The molecular formula is C13H15F2N3O. The second kappa shape index (κ2) is 6.29. The summed E-state index contributed by atoms with van der Waals surface area (Å²) in [5.41, 5.74) is 0.468. The third-order valence-electron chi connectivity index (χ3n) is 2.73. The van der Waals surface area contributed by atoms with E-state index in [0.717, 1.165) is 31.6 Å². The van der Waals surface area contributed by atoms with Crippen LogP contribution in [0.25, 0.3) is 0 Å². The van der Waals surface area contributed by atoms with Gasteiger partial charge < -0.3 is 15.0 Å². The SMILES string of the molecule is Oc1c(F)cc(CNCCCn2ccnc2)cc1F. The zero-order valence-corrected chi connectivity index (χ0v) is 10.3. The number of aromatic nitrogens is 2. The van der Waals surface area contributed by atoms with Crippen LogP contribution >= 0.6 is 0 Å². The molecule has 6 heteroatoms. The van der Waals surface area contributed by atoms with Gasteiger partial charge in [-0.05, 0) is 30.7 Å². The van der Waals surface area contributed by atoms with Crippen molar-refractivity contribution in [1.29, 1.82) is 0 Å². The van der Waals surface area contributed by atoms with Crippen molar-refractivity contribution in [3.63, 3.8) is 0 Å². The summed E-state index contributed by atoms with van der Waals surface area (Å²) in [5, 5.41) is 12.1. The van der Waals surface area contributed by atoms with E-state index in [4.69, 9.17) is 5.11 Å². The zero-order chi connectivity index (χ0) is 13.7. The van der Waals surface area contributed by atoms with Gasteiger partial charge >= 0.3 is 0 Å². The summed E-state index contributed by atoms with van der Waals surface area (Å²) in [7, 11) is 0. The van der Waals surface area contributed by atoms with Crippen molar-refractivity contribution >= 4 is 0 Å². The van der Waals surface area contributed by atoms with Gasteiger partial charge in [-0.1, -0.05) is 0 Å². The summed E-state index contributed by atoms with van der Waals surface area (Å²) in [5.74, 6) is -2.80. The quantitative estimate of drug-likeness (QED) is 0.787. The van der Waals surface area contributed by atoms with E-state index in [1.807, 2.05) is 10.8 Å². The summed E-state index contributed by atoms with van der Waals surface area (Å²) >= 11 is 0. The van der Waals surface area contributed by atoms with Crippen molar-refractivity contribution in [2.75, 3.05) is 6.54 Å². The molecule has 0 unspecified atom stereocenters.